The lowest BCUT2D eigenvalue weighted by atomic mass is 9.91. The third kappa shape index (κ3) is 5.16. The molecule has 0 aliphatic heterocycles. The Labute approximate surface area is 123 Å². The first kappa shape index (κ1) is 14.9. The first-order chi connectivity index (χ1) is 9.40. The highest BCUT2D eigenvalue weighted by Crippen LogP contribution is 2.25. The molecule has 0 radical (unpaired) electrons. The molecule has 1 aromatic carbocycles. The van der Waals surface area contributed by atoms with Crippen LogP contribution in [-0.2, 0) is 6.42 Å². The zero-order valence-electron chi connectivity index (χ0n) is 11.9. The van der Waals surface area contributed by atoms with Crippen LogP contribution in [0.2, 0.25) is 0 Å². The molecule has 106 valence electrons. The molecule has 1 aromatic rings. The predicted molar refractivity (Wildman–Crippen MR) is 83.9 cm³/mol. The fourth-order valence-corrected chi connectivity index (χ4v) is 2.90. The summed E-state index contributed by atoms with van der Waals surface area (Å²) >= 11 is 5.83. The van der Waals surface area contributed by atoms with Crippen LogP contribution in [0.1, 0.15) is 44.1 Å². The second-order valence-electron chi connectivity index (χ2n) is 5.61. The summed E-state index contributed by atoms with van der Waals surface area (Å²) < 4.78 is 0. The molecule has 2 rings (SSSR count). The molecule has 1 fully saturated rings. The Bertz CT molecular complexity index is 334. The van der Waals surface area contributed by atoms with Gasteiger partial charge in [0, 0.05) is 11.9 Å². The first-order valence-corrected chi connectivity index (χ1v) is 8.27. The fraction of sp³-hybridized carbons (Fsp3) is 0.647. The smallest absolute Gasteiger partial charge is 0.0235 e. The van der Waals surface area contributed by atoms with Gasteiger partial charge in [-0.15, -0.1) is 11.6 Å². The average molecular weight is 280 g/mol. The van der Waals surface area contributed by atoms with Gasteiger partial charge in [-0.3, -0.25) is 0 Å². The van der Waals surface area contributed by atoms with E-state index in [1.807, 2.05) is 0 Å². The molecule has 0 aromatic heterocycles. The SMILES string of the molecule is ClCCCN(CCCCc1ccccc1)C1CCC1. The van der Waals surface area contributed by atoms with Crippen LogP contribution in [0.3, 0.4) is 0 Å². The number of halogens is 1. The summed E-state index contributed by atoms with van der Waals surface area (Å²) in [6.45, 7) is 2.45. The third-order valence-electron chi connectivity index (χ3n) is 4.17. The summed E-state index contributed by atoms with van der Waals surface area (Å²) in [4.78, 5) is 2.68. The third-order valence-corrected chi connectivity index (χ3v) is 4.44. The lowest BCUT2D eigenvalue weighted by molar-refractivity contribution is 0.125. The van der Waals surface area contributed by atoms with Crippen molar-refractivity contribution >= 4 is 11.6 Å². The molecule has 0 unspecified atom stereocenters. The van der Waals surface area contributed by atoms with Gasteiger partial charge in [-0.05, 0) is 57.2 Å². The van der Waals surface area contributed by atoms with Gasteiger partial charge in [0.1, 0.15) is 0 Å². The van der Waals surface area contributed by atoms with Crippen LogP contribution < -0.4 is 0 Å². The van der Waals surface area contributed by atoms with Crippen molar-refractivity contribution in [2.45, 2.75) is 51.0 Å². The number of aryl methyl sites for hydroxylation is 1. The van der Waals surface area contributed by atoms with Gasteiger partial charge in [0.2, 0.25) is 0 Å². The predicted octanol–water partition coefficient (Wildman–Crippen LogP) is 4.49. The van der Waals surface area contributed by atoms with Gasteiger partial charge in [-0.25, -0.2) is 0 Å². The number of rotatable bonds is 9. The van der Waals surface area contributed by atoms with E-state index in [0.717, 1.165) is 18.3 Å². The van der Waals surface area contributed by atoms with Crippen molar-refractivity contribution in [3.63, 3.8) is 0 Å². The quantitative estimate of drug-likeness (QED) is 0.475. The van der Waals surface area contributed by atoms with Crippen molar-refractivity contribution in [1.82, 2.24) is 4.90 Å². The second-order valence-corrected chi connectivity index (χ2v) is 5.98. The Kier molecular flexibility index (Phi) is 6.73. The van der Waals surface area contributed by atoms with E-state index in [9.17, 15) is 0 Å². The molecule has 0 atom stereocenters. The van der Waals surface area contributed by atoms with Gasteiger partial charge in [-0.1, -0.05) is 36.8 Å². The summed E-state index contributed by atoms with van der Waals surface area (Å²) in [5.41, 5.74) is 1.47. The molecule has 1 aliphatic rings. The molecule has 19 heavy (non-hydrogen) atoms. The maximum absolute atomic E-state index is 5.83. The van der Waals surface area contributed by atoms with E-state index in [1.165, 1.54) is 57.2 Å². The Morgan fingerprint density at radius 3 is 2.37 bits per heavy atom. The summed E-state index contributed by atoms with van der Waals surface area (Å²) in [6, 6.07) is 11.7. The molecule has 0 heterocycles. The highest BCUT2D eigenvalue weighted by molar-refractivity contribution is 6.17. The van der Waals surface area contributed by atoms with Gasteiger partial charge >= 0.3 is 0 Å². The topological polar surface area (TPSA) is 3.24 Å². The minimum atomic E-state index is 0.799. The molecule has 1 saturated carbocycles. The van der Waals surface area contributed by atoms with Crippen molar-refractivity contribution < 1.29 is 0 Å². The van der Waals surface area contributed by atoms with Crippen LogP contribution in [-0.4, -0.2) is 29.9 Å². The van der Waals surface area contributed by atoms with E-state index in [-0.39, 0.29) is 0 Å². The Morgan fingerprint density at radius 2 is 1.74 bits per heavy atom. The number of benzene rings is 1. The zero-order chi connectivity index (χ0) is 13.3. The van der Waals surface area contributed by atoms with Crippen LogP contribution >= 0.6 is 11.6 Å². The highest BCUT2D eigenvalue weighted by Gasteiger charge is 2.23. The van der Waals surface area contributed by atoms with Crippen molar-refractivity contribution in [2.24, 2.45) is 0 Å². The normalized spacial score (nSPS) is 15.7. The van der Waals surface area contributed by atoms with Gasteiger partial charge in [0.25, 0.3) is 0 Å². The number of hydrogen-bond acceptors (Lipinski definition) is 1. The van der Waals surface area contributed by atoms with E-state index < -0.39 is 0 Å². The lowest BCUT2D eigenvalue weighted by Gasteiger charge is -2.37. The Hall–Kier alpha value is -0.530. The Balaban J connectivity index is 1.64. The second kappa shape index (κ2) is 8.60. The maximum Gasteiger partial charge on any atom is 0.0235 e. The van der Waals surface area contributed by atoms with Crippen molar-refractivity contribution in [1.29, 1.82) is 0 Å². The van der Waals surface area contributed by atoms with E-state index in [1.54, 1.807) is 0 Å². The molecular formula is C17H26ClN. The van der Waals surface area contributed by atoms with Crippen LogP contribution in [0.5, 0.6) is 0 Å². The largest absolute Gasteiger partial charge is 0.300 e. The molecule has 1 nitrogen and oxygen atoms in total. The van der Waals surface area contributed by atoms with Crippen LogP contribution in [0.4, 0.5) is 0 Å². The maximum atomic E-state index is 5.83. The minimum Gasteiger partial charge on any atom is -0.300 e. The van der Waals surface area contributed by atoms with Crippen LogP contribution in [0, 0.1) is 0 Å². The van der Waals surface area contributed by atoms with Gasteiger partial charge in [-0.2, -0.15) is 0 Å². The number of nitrogens with zero attached hydrogens (tertiary/aromatic N) is 1. The van der Waals surface area contributed by atoms with Gasteiger partial charge < -0.3 is 4.90 Å². The molecular weight excluding hydrogens is 254 g/mol. The molecule has 0 spiro atoms. The minimum absolute atomic E-state index is 0.799. The molecule has 1 aliphatic carbocycles. The summed E-state index contributed by atoms with van der Waals surface area (Å²) in [5, 5.41) is 0. The summed E-state index contributed by atoms with van der Waals surface area (Å²) in [5.74, 6) is 0.799. The van der Waals surface area contributed by atoms with Crippen molar-refractivity contribution in [2.75, 3.05) is 19.0 Å². The Morgan fingerprint density at radius 1 is 1.00 bits per heavy atom. The van der Waals surface area contributed by atoms with Crippen LogP contribution in [0.15, 0.2) is 30.3 Å². The molecule has 0 saturated heterocycles. The van der Waals surface area contributed by atoms with E-state index >= 15 is 0 Å². The van der Waals surface area contributed by atoms with Crippen LogP contribution in [0.25, 0.3) is 0 Å². The zero-order valence-corrected chi connectivity index (χ0v) is 12.6. The van der Waals surface area contributed by atoms with E-state index in [0.29, 0.717) is 0 Å². The van der Waals surface area contributed by atoms with Crippen molar-refractivity contribution in [3.8, 4) is 0 Å². The molecule has 2 heteroatoms. The molecule has 0 N–H and O–H groups in total. The summed E-state index contributed by atoms with van der Waals surface area (Å²) in [7, 11) is 0. The van der Waals surface area contributed by atoms with Gasteiger partial charge in [0.15, 0.2) is 0 Å². The number of alkyl halides is 1. The van der Waals surface area contributed by atoms with Gasteiger partial charge in [0.05, 0.1) is 0 Å². The van der Waals surface area contributed by atoms with E-state index in [4.69, 9.17) is 11.6 Å². The fourth-order valence-electron chi connectivity index (χ4n) is 2.78. The number of unbranched alkanes of at least 4 members (excludes halogenated alkanes) is 1. The lowest BCUT2D eigenvalue weighted by Crippen LogP contribution is -2.41. The van der Waals surface area contributed by atoms with E-state index in [2.05, 4.69) is 35.2 Å². The van der Waals surface area contributed by atoms with Crippen molar-refractivity contribution in [3.05, 3.63) is 35.9 Å². The first-order valence-electron chi connectivity index (χ1n) is 7.74. The molecule has 0 bridgehead atoms. The average Bonchev–Trinajstić information content (AvgIpc) is 2.39. The highest BCUT2D eigenvalue weighted by atomic mass is 35.5. The standard InChI is InChI=1S/C17H26ClN/c18-13-7-15-19(17-11-6-12-17)14-5-4-10-16-8-2-1-3-9-16/h1-3,8-9,17H,4-7,10-15H2. The monoisotopic (exact) mass is 279 g/mol. The summed E-state index contributed by atoms with van der Waals surface area (Å²) in [6.07, 6.45) is 9.20. The number of hydrogen-bond donors (Lipinski definition) is 0. The molecule has 0 amide bonds.